The highest BCUT2D eigenvalue weighted by molar-refractivity contribution is 7.91. The normalized spacial score (nSPS) is 20.9. The van der Waals surface area contributed by atoms with E-state index < -0.39 is 9.84 Å². The number of H-pyrrole nitrogens is 1. The molecule has 1 unspecified atom stereocenters. The molecule has 1 aromatic rings. The summed E-state index contributed by atoms with van der Waals surface area (Å²) in [4.78, 5) is 13.9. The first kappa shape index (κ1) is 15.0. The first-order valence-electron chi connectivity index (χ1n) is 6.99. The molecule has 0 saturated carbocycles. The monoisotopic (exact) mass is 299 g/mol. The third-order valence-electron chi connectivity index (χ3n) is 3.72. The van der Waals surface area contributed by atoms with Crippen molar-refractivity contribution in [3.05, 3.63) is 18.0 Å². The second-order valence-electron chi connectivity index (χ2n) is 5.20. The van der Waals surface area contributed by atoms with Crippen LogP contribution in [0.15, 0.2) is 12.4 Å². The second-order valence-corrected chi connectivity index (χ2v) is 7.43. The lowest BCUT2D eigenvalue weighted by Gasteiger charge is -2.26. The number of rotatable bonds is 6. The molecule has 1 N–H and O–H groups in total. The van der Waals surface area contributed by atoms with Crippen molar-refractivity contribution in [1.82, 2.24) is 15.1 Å². The fourth-order valence-corrected chi connectivity index (χ4v) is 4.39. The largest absolute Gasteiger partial charge is 0.339 e. The van der Waals surface area contributed by atoms with Crippen LogP contribution in [0.25, 0.3) is 0 Å². The number of nitrogens with one attached hydrogen (secondary N) is 1. The van der Waals surface area contributed by atoms with Crippen molar-refractivity contribution in [2.24, 2.45) is 0 Å². The highest BCUT2D eigenvalue weighted by atomic mass is 32.2. The summed E-state index contributed by atoms with van der Waals surface area (Å²) in [6.45, 7) is 2.48. The molecule has 0 aromatic carbocycles. The van der Waals surface area contributed by atoms with Gasteiger partial charge >= 0.3 is 0 Å². The lowest BCUT2D eigenvalue weighted by atomic mass is 10.1. The summed E-state index contributed by atoms with van der Waals surface area (Å²) in [5.74, 6) is 0.378. The van der Waals surface area contributed by atoms with Gasteiger partial charge in [0.1, 0.15) is 0 Å². The van der Waals surface area contributed by atoms with Crippen LogP contribution in [0, 0.1) is 0 Å². The molecular formula is C13H21N3O3S. The summed E-state index contributed by atoms with van der Waals surface area (Å²) in [5.41, 5.74) is 1.09. The third-order valence-corrected chi connectivity index (χ3v) is 5.47. The Morgan fingerprint density at radius 3 is 2.90 bits per heavy atom. The van der Waals surface area contributed by atoms with E-state index in [1.807, 2.05) is 13.1 Å². The van der Waals surface area contributed by atoms with Gasteiger partial charge in [-0.3, -0.25) is 9.89 Å². The lowest BCUT2D eigenvalue weighted by molar-refractivity contribution is -0.132. The fraction of sp³-hybridized carbons (Fsp3) is 0.692. The second kappa shape index (κ2) is 6.39. The zero-order valence-electron chi connectivity index (χ0n) is 11.7. The lowest BCUT2D eigenvalue weighted by Crippen LogP contribution is -2.40. The molecular weight excluding hydrogens is 278 g/mol. The quantitative estimate of drug-likeness (QED) is 0.841. The molecule has 0 radical (unpaired) electrons. The van der Waals surface area contributed by atoms with E-state index in [0.29, 0.717) is 19.4 Å². The Kier molecular flexibility index (Phi) is 4.80. The average molecular weight is 299 g/mol. The van der Waals surface area contributed by atoms with E-state index in [1.165, 1.54) is 0 Å². The first-order valence-corrected chi connectivity index (χ1v) is 8.81. The van der Waals surface area contributed by atoms with Gasteiger partial charge in [0.05, 0.1) is 17.7 Å². The number of nitrogens with zero attached hydrogens (tertiary/aromatic N) is 2. The van der Waals surface area contributed by atoms with Crippen molar-refractivity contribution in [2.45, 2.75) is 38.6 Å². The molecule has 6 nitrogen and oxygen atoms in total. The summed E-state index contributed by atoms with van der Waals surface area (Å²) < 4.78 is 23.0. The van der Waals surface area contributed by atoms with Crippen molar-refractivity contribution in [2.75, 3.05) is 18.1 Å². The third kappa shape index (κ3) is 3.82. The van der Waals surface area contributed by atoms with Crippen LogP contribution in [0.5, 0.6) is 0 Å². The molecule has 20 heavy (non-hydrogen) atoms. The summed E-state index contributed by atoms with van der Waals surface area (Å²) in [7, 11) is -2.95. The van der Waals surface area contributed by atoms with Crippen LogP contribution in [-0.4, -0.2) is 53.5 Å². The van der Waals surface area contributed by atoms with Crippen molar-refractivity contribution in [1.29, 1.82) is 0 Å². The molecule has 1 fully saturated rings. The average Bonchev–Trinajstić information content (AvgIpc) is 3.00. The number of aromatic amines is 1. The number of sulfone groups is 1. The number of aromatic nitrogens is 2. The Morgan fingerprint density at radius 1 is 1.55 bits per heavy atom. The van der Waals surface area contributed by atoms with Gasteiger partial charge in [-0.25, -0.2) is 8.42 Å². The van der Waals surface area contributed by atoms with Gasteiger partial charge in [-0.15, -0.1) is 0 Å². The predicted molar refractivity (Wildman–Crippen MR) is 76.0 cm³/mol. The molecule has 1 aliphatic heterocycles. The maximum absolute atomic E-state index is 12.2. The minimum absolute atomic E-state index is 0.0538. The number of carbonyl (C=O) groups excluding carboxylic acids is 1. The maximum Gasteiger partial charge on any atom is 0.222 e. The van der Waals surface area contributed by atoms with Crippen LogP contribution in [0.1, 0.15) is 31.7 Å². The number of aryl methyl sites for hydroxylation is 1. The van der Waals surface area contributed by atoms with Gasteiger partial charge in [-0.05, 0) is 31.7 Å². The number of hydrogen-bond donors (Lipinski definition) is 1. The van der Waals surface area contributed by atoms with E-state index in [1.54, 1.807) is 11.1 Å². The topological polar surface area (TPSA) is 83.1 Å². The SMILES string of the molecule is CCN(C(=O)CCCc1cn[nH]c1)C1CCS(=O)(=O)C1. The van der Waals surface area contributed by atoms with E-state index in [4.69, 9.17) is 0 Å². The molecule has 1 aromatic heterocycles. The van der Waals surface area contributed by atoms with Gasteiger partial charge in [-0.2, -0.15) is 5.10 Å². The van der Waals surface area contributed by atoms with Crippen molar-refractivity contribution < 1.29 is 13.2 Å². The Labute approximate surface area is 119 Å². The van der Waals surface area contributed by atoms with Gasteiger partial charge < -0.3 is 4.90 Å². The van der Waals surface area contributed by atoms with E-state index in [0.717, 1.165) is 18.4 Å². The minimum atomic E-state index is -2.95. The Balaban J connectivity index is 1.83. The van der Waals surface area contributed by atoms with Crippen LogP contribution >= 0.6 is 0 Å². The molecule has 7 heteroatoms. The minimum Gasteiger partial charge on any atom is -0.339 e. The summed E-state index contributed by atoms with van der Waals surface area (Å²) in [6, 6.07) is -0.133. The van der Waals surface area contributed by atoms with Crippen LogP contribution in [0.2, 0.25) is 0 Å². The van der Waals surface area contributed by atoms with Gasteiger partial charge in [0.15, 0.2) is 9.84 Å². The summed E-state index contributed by atoms with van der Waals surface area (Å²) in [6.07, 6.45) is 6.17. The highest BCUT2D eigenvalue weighted by Gasteiger charge is 2.33. The standard InChI is InChI=1S/C13H21N3O3S/c1-2-16(12-6-7-20(18,19)10-12)13(17)5-3-4-11-8-14-15-9-11/h8-9,12H,2-7,10H2,1H3,(H,14,15). The highest BCUT2D eigenvalue weighted by Crippen LogP contribution is 2.19. The number of carbonyl (C=O) groups is 1. The van der Waals surface area contributed by atoms with Gasteiger partial charge in [0.25, 0.3) is 0 Å². The molecule has 1 amide bonds. The molecule has 2 rings (SSSR count). The molecule has 1 atom stereocenters. The zero-order chi connectivity index (χ0) is 14.6. The van der Waals surface area contributed by atoms with Crippen molar-refractivity contribution in [3.8, 4) is 0 Å². The first-order chi connectivity index (χ1) is 9.52. The molecule has 1 saturated heterocycles. The van der Waals surface area contributed by atoms with Crippen LogP contribution in [0.4, 0.5) is 0 Å². The van der Waals surface area contributed by atoms with E-state index in [2.05, 4.69) is 10.2 Å². The summed E-state index contributed by atoms with van der Waals surface area (Å²) >= 11 is 0. The van der Waals surface area contributed by atoms with Crippen LogP contribution in [-0.2, 0) is 21.1 Å². The Morgan fingerprint density at radius 2 is 2.35 bits per heavy atom. The molecule has 0 aliphatic carbocycles. The summed E-state index contributed by atoms with van der Waals surface area (Å²) in [5, 5.41) is 6.61. The van der Waals surface area contributed by atoms with Gasteiger partial charge in [-0.1, -0.05) is 0 Å². The van der Waals surface area contributed by atoms with Gasteiger partial charge in [0, 0.05) is 25.2 Å². The van der Waals surface area contributed by atoms with E-state index in [-0.39, 0.29) is 23.5 Å². The van der Waals surface area contributed by atoms with Crippen molar-refractivity contribution in [3.63, 3.8) is 0 Å². The molecule has 0 spiro atoms. The molecule has 0 bridgehead atoms. The fourth-order valence-electron chi connectivity index (χ4n) is 2.66. The molecule has 1 aliphatic rings. The van der Waals surface area contributed by atoms with Crippen molar-refractivity contribution >= 4 is 15.7 Å². The zero-order valence-corrected chi connectivity index (χ0v) is 12.5. The number of amides is 1. The molecule has 2 heterocycles. The van der Waals surface area contributed by atoms with Crippen LogP contribution < -0.4 is 0 Å². The smallest absolute Gasteiger partial charge is 0.222 e. The van der Waals surface area contributed by atoms with Gasteiger partial charge in [0.2, 0.25) is 5.91 Å². The van der Waals surface area contributed by atoms with Crippen LogP contribution in [0.3, 0.4) is 0 Å². The Bertz CT molecular complexity index is 539. The number of hydrogen-bond acceptors (Lipinski definition) is 4. The Hall–Kier alpha value is -1.37. The van der Waals surface area contributed by atoms with E-state index >= 15 is 0 Å². The molecule has 112 valence electrons. The maximum atomic E-state index is 12.2. The van der Waals surface area contributed by atoms with E-state index in [9.17, 15) is 13.2 Å². The predicted octanol–water partition coefficient (Wildman–Crippen LogP) is 0.768.